The van der Waals surface area contributed by atoms with Crippen LogP contribution in [0.3, 0.4) is 0 Å². The Morgan fingerprint density at radius 2 is 1.58 bits per heavy atom. The minimum absolute atomic E-state index is 0.280. The van der Waals surface area contributed by atoms with Gasteiger partial charge in [0, 0.05) is 11.4 Å². The van der Waals surface area contributed by atoms with Crippen molar-refractivity contribution in [3.63, 3.8) is 0 Å². The van der Waals surface area contributed by atoms with Crippen molar-refractivity contribution in [1.82, 2.24) is 0 Å². The monoisotopic (exact) mass is 279 g/mol. The maximum atomic E-state index is 6.02. The SMILES string of the molecule is CCSNc1ccc(B2OC(C)(C)C(C)(C)O2)cc1. The van der Waals surface area contributed by atoms with Crippen molar-refractivity contribution in [2.75, 3.05) is 10.5 Å². The first kappa shape index (κ1) is 14.8. The summed E-state index contributed by atoms with van der Waals surface area (Å²) in [6.07, 6.45) is 0. The fraction of sp³-hybridized carbons (Fsp3) is 0.571. The van der Waals surface area contributed by atoms with Crippen LogP contribution in [0.5, 0.6) is 0 Å². The molecule has 19 heavy (non-hydrogen) atoms. The molecule has 1 aliphatic heterocycles. The average molecular weight is 279 g/mol. The van der Waals surface area contributed by atoms with E-state index in [4.69, 9.17) is 9.31 Å². The van der Waals surface area contributed by atoms with Gasteiger partial charge in [-0.25, -0.2) is 0 Å². The molecule has 2 rings (SSSR count). The standard InChI is InChI=1S/C14H22BNO2S/c1-6-19-16-12-9-7-11(8-10-12)15-17-13(2,3)14(4,5)18-15/h7-10,16H,6H2,1-5H3. The molecule has 0 bridgehead atoms. The van der Waals surface area contributed by atoms with E-state index in [0.29, 0.717) is 0 Å². The Bertz CT molecular complexity index is 418. The molecular formula is C14H22BNO2S. The molecule has 5 heteroatoms. The molecule has 3 nitrogen and oxygen atoms in total. The van der Waals surface area contributed by atoms with E-state index >= 15 is 0 Å². The van der Waals surface area contributed by atoms with E-state index in [0.717, 1.165) is 16.9 Å². The number of benzene rings is 1. The lowest BCUT2D eigenvalue weighted by molar-refractivity contribution is 0.00578. The van der Waals surface area contributed by atoms with Crippen LogP contribution in [-0.2, 0) is 9.31 Å². The molecule has 1 heterocycles. The highest BCUT2D eigenvalue weighted by molar-refractivity contribution is 8.00. The normalized spacial score (nSPS) is 20.6. The highest BCUT2D eigenvalue weighted by Crippen LogP contribution is 2.36. The maximum Gasteiger partial charge on any atom is 0.494 e. The van der Waals surface area contributed by atoms with Gasteiger partial charge in [0.15, 0.2) is 0 Å². The predicted molar refractivity (Wildman–Crippen MR) is 83.9 cm³/mol. The summed E-state index contributed by atoms with van der Waals surface area (Å²) >= 11 is 1.69. The average Bonchev–Trinajstić information content (AvgIpc) is 2.56. The van der Waals surface area contributed by atoms with Crippen LogP contribution in [0, 0.1) is 0 Å². The largest absolute Gasteiger partial charge is 0.494 e. The summed E-state index contributed by atoms with van der Waals surface area (Å²) in [4.78, 5) is 0. The second-order valence-electron chi connectivity index (χ2n) is 5.75. The summed E-state index contributed by atoms with van der Waals surface area (Å²) < 4.78 is 15.3. The molecule has 0 radical (unpaired) electrons. The number of anilines is 1. The fourth-order valence-corrected chi connectivity index (χ4v) is 2.29. The first-order valence-corrected chi connectivity index (χ1v) is 7.68. The molecule has 1 N–H and O–H groups in total. The highest BCUT2D eigenvalue weighted by atomic mass is 32.2. The molecule has 1 aliphatic rings. The number of nitrogens with one attached hydrogen (secondary N) is 1. The Kier molecular flexibility index (Phi) is 4.18. The van der Waals surface area contributed by atoms with E-state index in [1.807, 2.05) is 0 Å². The molecule has 1 aromatic carbocycles. The third-order valence-electron chi connectivity index (χ3n) is 3.77. The van der Waals surface area contributed by atoms with Gasteiger partial charge in [0.05, 0.1) is 11.2 Å². The highest BCUT2D eigenvalue weighted by Gasteiger charge is 2.51. The van der Waals surface area contributed by atoms with Crippen molar-refractivity contribution in [3.8, 4) is 0 Å². The maximum absolute atomic E-state index is 6.02. The first-order valence-electron chi connectivity index (χ1n) is 6.69. The Balaban J connectivity index is 2.08. The topological polar surface area (TPSA) is 30.5 Å². The molecule has 0 saturated carbocycles. The van der Waals surface area contributed by atoms with Crippen LogP contribution in [0.25, 0.3) is 0 Å². The molecule has 0 aliphatic carbocycles. The second-order valence-corrected chi connectivity index (χ2v) is 6.82. The van der Waals surface area contributed by atoms with Gasteiger partial charge in [-0.3, -0.25) is 0 Å². The van der Waals surface area contributed by atoms with Crippen LogP contribution < -0.4 is 10.2 Å². The Morgan fingerprint density at radius 1 is 1.05 bits per heavy atom. The lowest BCUT2D eigenvalue weighted by atomic mass is 9.79. The zero-order chi connectivity index (χ0) is 14.1. The summed E-state index contributed by atoms with van der Waals surface area (Å²) in [5.74, 6) is 1.04. The van der Waals surface area contributed by atoms with Gasteiger partial charge in [-0.2, -0.15) is 0 Å². The Morgan fingerprint density at radius 3 is 2.05 bits per heavy atom. The molecule has 104 valence electrons. The van der Waals surface area contributed by atoms with Crippen molar-refractivity contribution in [1.29, 1.82) is 0 Å². The van der Waals surface area contributed by atoms with Crippen molar-refractivity contribution < 1.29 is 9.31 Å². The van der Waals surface area contributed by atoms with Crippen LogP contribution >= 0.6 is 11.9 Å². The first-order chi connectivity index (χ1) is 8.86. The van der Waals surface area contributed by atoms with Gasteiger partial charge in [0.2, 0.25) is 0 Å². The minimum atomic E-state index is -0.285. The number of hydrogen-bond donors (Lipinski definition) is 1. The molecule has 0 spiro atoms. The third kappa shape index (κ3) is 3.10. The van der Waals surface area contributed by atoms with Crippen LogP contribution in [0.2, 0.25) is 0 Å². The lowest BCUT2D eigenvalue weighted by Crippen LogP contribution is -2.41. The smallest absolute Gasteiger partial charge is 0.399 e. The van der Waals surface area contributed by atoms with Crippen LogP contribution in [-0.4, -0.2) is 24.1 Å². The van der Waals surface area contributed by atoms with Crippen LogP contribution in [0.4, 0.5) is 5.69 Å². The molecule has 1 saturated heterocycles. The van der Waals surface area contributed by atoms with Gasteiger partial charge in [0.1, 0.15) is 0 Å². The van der Waals surface area contributed by atoms with E-state index in [9.17, 15) is 0 Å². The number of hydrogen-bond acceptors (Lipinski definition) is 4. The summed E-state index contributed by atoms with van der Waals surface area (Å²) in [6, 6.07) is 8.23. The van der Waals surface area contributed by atoms with E-state index in [1.54, 1.807) is 11.9 Å². The van der Waals surface area contributed by atoms with Crippen molar-refractivity contribution >= 4 is 30.2 Å². The van der Waals surface area contributed by atoms with Gasteiger partial charge < -0.3 is 14.0 Å². The van der Waals surface area contributed by atoms with Crippen LogP contribution in [0.15, 0.2) is 24.3 Å². The fourth-order valence-electron chi connectivity index (χ4n) is 1.84. The van der Waals surface area contributed by atoms with Gasteiger partial charge in [-0.15, -0.1) is 0 Å². The van der Waals surface area contributed by atoms with E-state index < -0.39 is 0 Å². The lowest BCUT2D eigenvalue weighted by Gasteiger charge is -2.32. The van der Waals surface area contributed by atoms with E-state index in [2.05, 4.69) is 63.6 Å². The molecule has 0 atom stereocenters. The van der Waals surface area contributed by atoms with Crippen molar-refractivity contribution in [3.05, 3.63) is 24.3 Å². The van der Waals surface area contributed by atoms with Gasteiger partial charge in [-0.05, 0) is 45.3 Å². The molecule has 0 unspecified atom stereocenters. The number of rotatable bonds is 4. The molecule has 1 fully saturated rings. The molecule has 1 aromatic rings. The Hall–Kier alpha value is -0.645. The zero-order valence-electron chi connectivity index (χ0n) is 12.3. The minimum Gasteiger partial charge on any atom is -0.399 e. The molecule has 0 amide bonds. The summed E-state index contributed by atoms with van der Waals surface area (Å²) in [5, 5.41) is 0. The summed E-state index contributed by atoms with van der Waals surface area (Å²) in [7, 11) is -0.280. The quantitative estimate of drug-likeness (QED) is 0.678. The summed E-state index contributed by atoms with van der Waals surface area (Å²) in [5.41, 5.74) is 1.59. The van der Waals surface area contributed by atoms with Crippen LogP contribution in [0.1, 0.15) is 34.6 Å². The van der Waals surface area contributed by atoms with Crippen molar-refractivity contribution in [2.45, 2.75) is 45.8 Å². The van der Waals surface area contributed by atoms with Gasteiger partial charge in [-0.1, -0.05) is 31.0 Å². The third-order valence-corrected chi connectivity index (χ3v) is 4.44. The predicted octanol–water partition coefficient (Wildman–Crippen LogP) is 3.07. The summed E-state index contributed by atoms with van der Waals surface area (Å²) in [6.45, 7) is 10.4. The van der Waals surface area contributed by atoms with E-state index in [-0.39, 0.29) is 18.3 Å². The Labute approximate surface area is 120 Å². The molecular weight excluding hydrogens is 257 g/mol. The van der Waals surface area contributed by atoms with E-state index in [1.165, 1.54) is 0 Å². The van der Waals surface area contributed by atoms with Crippen molar-refractivity contribution in [2.24, 2.45) is 0 Å². The van der Waals surface area contributed by atoms with Gasteiger partial charge >= 0.3 is 7.12 Å². The van der Waals surface area contributed by atoms with Gasteiger partial charge in [0.25, 0.3) is 0 Å². The zero-order valence-corrected chi connectivity index (χ0v) is 13.1. The molecule has 0 aromatic heterocycles. The second kappa shape index (κ2) is 5.39.